The van der Waals surface area contributed by atoms with Crippen LogP contribution in [0.3, 0.4) is 0 Å². The molecule has 1 aliphatic heterocycles. The number of hydrogen-bond acceptors (Lipinski definition) is 4. The Morgan fingerprint density at radius 3 is 2.80 bits per heavy atom. The first-order valence-electron chi connectivity index (χ1n) is 8.09. The number of fused-ring (bicyclic) bond motifs is 1. The summed E-state index contributed by atoms with van der Waals surface area (Å²) in [5.41, 5.74) is 8.21. The van der Waals surface area contributed by atoms with E-state index >= 15 is 0 Å². The van der Waals surface area contributed by atoms with Gasteiger partial charge in [-0.25, -0.2) is 4.79 Å². The lowest BCUT2D eigenvalue weighted by Gasteiger charge is -2.35. The molecular formula is C19H19ClN2O3. The largest absolute Gasteiger partial charge is 0.452 e. The third kappa shape index (κ3) is 3.61. The van der Waals surface area contributed by atoms with Gasteiger partial charge in [0.25, 0.3) is 5.91 Å². The molecule has 0 radical (unpaired) electrons. The molecule has 2 N–H and O–H groups in total. The molecule has 0 fully saturated rings. The fourth-order valence-corrected chi connectivity index (χ4v) is 3.24. The number of rotatable bonds is 3. The molecule has 0 saturated carbocycles. The van der Waals surface area contributed by atoms with Gasteiger partial charge in [-0.1, -0.05) is 29.8 Å². The number of carbonyl (C=O) groups excluding carboxylic acids is 2. The maximum atomic E-state index is 12.6. The standard InChI is InChI=1S/C19H19ClN2O3/c1-12-6-7-13-4-2-3-5-17(13)22(12)18(23)11-25-19(24)15-9-8-14(20)10-16(15)21/h2-5,8-10,12H,6-7,11,21H2,1H3. The van der Waals surface area contributed by atoms with E-state index in [0.717, 1.165) is 24.1 Å². The number of halogens is 1. The van der Waals surface area contributed by atoms with E-state index in [2.05, 4.69) is 0 Å². The first-order chi connectivity index (χ1) is 12.0. The van der Waals surface area contributed by atoms with Crippen LogP contribution in [0, 0.1) is 0 Å². The average molecular weight is 359 g/mol. The van der Waals surface area contributed by atoms with Crippen molar-refractivity contribution in [3.8, 4) is 0 Å². The van der Waals surface area contributed by atoms with E-state index in [1.165, 1.54) is 12.1 Å². The van der Waals surface area contributed by atoms with Crippen molar-refractivity contribution in [2.75, 3.05) is 17.2 Å². The van der Waals surface area contributed by atoms with Crippen molar-refractivity contribution in [1.29, 1.82) is 0 Å². The van der Waals surface area contributed by atoms with Gasteiger partial charge in [0.15, 0.2) is 6.61 Å². The highest BCUT2D eigenvalue weighted by Gasteiger charge is 2.28. The Kier molecular flexibility index (Phi) is 4.95. The lowest BCUT2D eigenvalue weighted by molar-refractivity contribution is -0.122. The number of nitrogen functional groups attached to an aromatic ring is 1. The zero-order chi connectivity index (χ0) is 18.0. The summed E-state index contributed by atoms with van der Waals surface area (Å²) < 4.78 is 5.17. The molecule has 2 aromatic carbocycles. The van der Waals surface area contributed by atoms with Crippen LogP contribution in [0.5, 0.6) is 0 Å². The number of anilines is 2. The van der Waals surface area contributed by atoms with Gasteiger partial charge in [0, 0.05) is 22.4 Å². The number of para-hydroxylation sites is 1. The van der Waals surface area contributed by atoms with E-state index in [1.807, 2.05) is 31.2 Å². The van der Waals surface area contributed by atoms with Crippen molar-refractivity contribution in [2.24, 2.45) is 0 Å². The Balaban J connectivity index is 1.71. The number of benzene rings is 2. The van der Waals surface area contributed by atoms with E-state index in [1.54, 1.807) is 11.0 Å². The summed E-state index contributed by atoms with van der Waals surface area (Å²) in [5.74, 6) is -0.888. The van der Waals surface area contributed by atoms with Crippen LogP contribution in [-0.4, -0.2) is 24.5 Å². The Morgan fingerprint density at radius 1 is 1.28 bits per heavy atom. The summed E-state index contributed by atoms with van der Waals surface area (Å²) in [6.45, 7) is 1.66. The highest BCUT2D eigenvalue weighted by molar-refractivity contribution is 6.31. The number of amides is 1. The normalized spacial score (nSPS) is 16.2. The summed E-state index contributed by atoms with van der Waals surface area (Å²) in [6.07, 6.45) is 1.81. The molecule has 2 aromatic rings. The number of esters is 1. The number of nitrogens with zero attached hydrogens (tertiary/aromatic N) is 1. The molecule has 1 heterocycles. The molecular weight excluding hydrogens is 340 g/mol. The van der Waals surface area contributed by atoms with Gasteiger partial charge in [0.2, 0.25) is 0 Å². The van der Waals surface area contributed by atoms with Gasteiger partial charge in [-0.15, -0.1) is 0 Å². The van der Waals surface area contributed by atoms with Gasteiger partial charge >= 0.3 is 5.97 Å². The Labute approximate surface area is 151 Å². The molecule has 1 atom stereocenters. The summed E-state index contributed by atoms with van der Waals surface area (Å²) in [5, 5.41) is 0.434. The Bertz CT molecular complexity index is 822. The zero-order valence-corrected chi connectivity index (χ0v) is 14.6. The van der Waals surface area contributed by atoms with Gasteiger partial charge in [-0.05, 0) is 49.6 Å². The molecule has 6 heteroatoms. The third-order valence-electron chi connectivity index (χ3n) is 4.35. The van der Waals surface area contributed by atoms with Gasteiger partial charge in [-0.2, -0.15) is 0 Å². The third-order valence-corrected chi connectivity index (χ3v) is 4.59. The minimum absolute atomic E-state index is 0.0571. The molecule has 130 valence electrons. The SMILES string of the molecule is CC1CCc2ccccc2N1C(=O)COC(=O)c1ccc(Cl)cc1N. The number of ether oxygens (including phenoxy) is 1. The van der Waals surface area contributed by atoms with Crippen LogP contribution in [0.4, 0.5) is 11.4 Å². The van der Waals surface area contributed by atoms with Crippen LogP contribution < -0.4 is 10.6 Å². The van der Waals surface area contributed by atoms with Crippen LogP contribution in [0.15, 0.2) is 42.5 Å². The summed E-state index contributed by atoms with van der Waals surface area (Å²) in [7, 11) is 0. The summed E-state index contributed by atoms with van der Waals surface area (Å²) >= 11 is 5.82. The molecule has 3 rings (SSSR count). The highest BCUT2D eigenvalue weighted by atomic mass is 35.5. The average Bonchev–Trinajstić information content (AvgIpc) is 2.59. The highest BCUT2D eigenvalue weighted by Crippen LogP contribution is 2.30. The number of nitrogens with two attached hydrogens (primary N) is 1. The van der Waals surface area contributed by atoms with Gasteiger partial charge in [0.1, 0.15) is 0 Å². The minimum Gasteiger partial charge on any atom is -0.452 e. The molecule has 25 heavy (non-hydrogen) atoms. The van der Waals surface area contributed by atoms with E-state index < -0.39 is 5.97 Å². The maximum Gasteiger partial charge on any atom is 0.340 e. The summed E-state index contributed by atoms with van der Waals surface area (Å²) in [4.78, 5) is 26.5. The molecule has 1 aliphatic rings. The van der Waals surface area contributed by atoms with Gasteiger partial charge in [-0.3, -0.25) is 4.79 Å². The van der Waals surface area contributed by atoms with Crippen LogP contribution in [0.1, 0.15) is 29.3 Å². The Morgan fingerprint density at radius 2 is 2.04 bits per heavy atom. The van der Waals surface area contributed by atoms with Crippen molar-refractivity contribution < 1.29 is 14.3 Å². The van der Waals surface area contributed by atoms with Crippen LogP contribution in [-0.2, 0) is 16.0 Å². The molecule has 1 unspecified atom stereocenters. The predicted molar refractivity (Wildman–Crippen MR) is 97.9 cm³/mol. The van der Waals surface area contributed by atoms with Crippen molar-refractivity contribution >= 4 is 34.9 Å². The molecule has 1 amide bonds. The second-order valence-corrected chi connectivity index (χ2v) is 6.52. The molecule has 5 nitrogen and oxygen atoms in total. The first kappa shape index (κ1) is 17.3. The van der Waals surface area contributed by atoms with Crippen LogP contribution in [0.2, 0.25) is 5.02 Å². The first-order valence-corrected chi connectivity index (χ1v) is 8.47. The topological polar surface area (TPSA) is 72.6 Å². The lowest BCUT2D eigenvalue weighted by Crippen LogP contribution is -2.44. The minimum atomic E-state index is -0.638. The van der Waals surface area contributed by atoms with Gasteiger partial charge < -0.3 is 15.4 Å². The fourth-order valence-electron chi connectivity index (χ4n) is 3.06. The van der Waals surface area contributed by atoms with E-state index in [4.69, 9.17) is 22.1 Å². The van der Waals surface area contributed by atoms with E-state index in [0.29, 0.717) is 5.02 Å². The Hall–Kier alpha value is -2.53. The number of hydrogen-bond donors (Lipinski definition) is 1. The van der Waals surface area contributed by atoms with Crippen LogP contribution >= 0.6 is 11.6 Å². The van der Waals surface area contributed by atoms with E-state index in [9.17, 15) is 9.59 Å². The predicted octanol–water partition coefficient (Wildman–Crippen LogP) is 3.45. The second kappa shape index (κ2) is 7.15. The number of aryl methyl sites for hydroxylation is 1. The monoisotopic (exact) mass is 358 g/mol. The quantitative estimate of drug-likeness (QED) is 0.673. The zero-order valence-electron chi connectivity index (χ0n) is 13.9. The van der Waals surface area contributed by atoms with Crippen molar-refractivity contribution in [3.63, 3.8) is 0 Å². The molecule has 0 aromatic heterocycles. The van der Waals surface area contributed by atoms with Gasteiger partial charge in [0.05, 0.1) is 5.56 Å². The summed E-state index contributed by atoms with van der Waals surface area (Å²) in [6, 6.07) is 12.4. The smallest absolute Gasteiger partial charge is 0.340 e. The number of carbonyl (C=O) groups is 2. The molecule has 0 aliphatic carbocycles. The van der Waals surface area contributed by atoms with E-state index in [-0.39, 0.29) is 29.8 Å². The van der Waals surface area contributed by atoms with Crippen molar-refractivity contribution in [3.05, 3.63) is 58.6 Å². The molecule has 0 spiro atoms. The lowest BCUT2D eigenvalue weighted by atomic mass is 9.96. The molecule has 0 bridgehead atoms. The maximum absolute atomic E-state index is 12.6. The second-order valence-electron chi connectivity index (χ2n) is 6.09. The van der Waals surface area contributed by atoms with Crippen molar-refractivity contribution in [1.82, 2.24) is 0 Å². The van der Waals surface area contributed by atoms with Crippen molar-refractivity contribution in [2.45, 2.75) is 25.8 Å². The molecule has 0 saturated heterocycles. The van der Waals surface area contributed by atoms with Crippen LogP contribution in [0.25, 0.3) is 0 Å². The fraction of sp³-hybridized carbons (Fsp3) is 0.263.